The highest BCUT2D eigenvalue weighted by molar-refractivity contribution is 6.00. The summed E-state index contributed by atoms with van der Waals surface area (Å²) in [5, 5.41) is 24.3. The van der Waals surface area contributed by atoms with Crippen molar-refractivity contribution >= 4 is 21.8 Å². The Bertz CT molecular complexity index is 4300. The Morgan fingerprint density at radius 3 is 0.829 bits per heavy atom. The third-order valence-electron chi connectivity index (χ3n) is 26.5. The molecule has 2 N–H and O–H groups in total. The molecule has 0 amide bonds. The Morgan fingerprint density at radius 1 is 0.276 bits per heavy atom. The molecule has 550 valence electrons. The summed E-state index contributed by atoms with van der Waals surface area (Å²) in [4.78, 5) is 9.42. The zero-order valence-electron chi connectivity index (χ0n) is 66.0. The van der Waals surface area contributed by atoms with Crippen molar-refractivity contribution in [3.8, 4) is 89.4 Å². The van der Waals surface area contributed by atoms with Gasteiger partial charge in [-0.05, 0) is 246 Å². The van der Waals surface area contributed by atoms with Crippen LogP contribution in [0.4, 0.5) is 0 Å². The van der Waals surface area contributed by atoms with Gasteiger partial charge in [0.25, 0.3) is 0 Å². The maximum Gasteiger partial charge on any atom is 0.141 e. The van der Waals surface area contributed by atoms with Crippen LogP contribution in [0.3, 0.4) is 0 Å². The number of nitrogens with zero attached hydrogens (tertiary/aromatic N) is 2. The first-order valence-corrected chi connectivity index (χ1v) is 42.4. The van der Waals surface area contributed by atoms with Gasteiger partial charge >= 0.3 is 0 Å². The van der Waals surface area contributed by atoms with E-state index in [-0.39, 0.29) is 27.7 Å². The van der Waals surface area contributed by atoms with Gasteiger partial charge in [-0.3, -0.25) is 9.97 Å². The molecule has 0 bridgehead atoms. The number of aromatic hydroxyl groups is 2. The van der Waals surface area contributed by atoms with Gasteiger partial charge in [0.05, 0.1) is 0 Å². The fourth-order valence-corrected chi connectivity index (χ4v) is 20.5. The molecule has 3 aliphatic carbocycles. The SMILES string of the molecule is CCCCCCC1(CCCCCC)c2cc(-c3ccc4c(c3)C(C[C@@H](CC)CCCC)(C[C@@H](CC)CCCC)c3cc(-c5ccc(O)c6ncccc56)ccc3-4)ccc2-c2ccc(-c3ccc4c(c3)C(C[C@@H](CC)CCCC)(C[C@@H](CC)CCCC)c3cc(-c5ccc(O)c6ncccc56)ccc3-4)cc21. The highest BCUT2D eigenvalue weighted by Gasteiger charge is 2.49. The number of aromatic nitrogens is 2. The summed E-state index contributed by atoms with van der Waals surface area (Å²) in [5.41, 5.74) is 28.6. The molecule has 8 aromatic carbocycles. The Morgan fingerprint density at radius 2 is 0.543 bits per heavy atom. The predicted molar refractivity (Wildman–Crippen MR) is 450 cm³/mol. The molecule has 0 aliphatic heterocycles. The van der Waals surface area contributed by atoms with Crippen molar-refractivity contribution in [3.63, 3.8) is 0 Å². The maximum atomic E-state index is 11.1. The number of pyridine rings is 2. The molecule has 0 radical (unpaired) electrons. The molecule has 10 aromatic rings. The van der Waals surface area contributed by atoms with Crippen LogP contribution < -0.4 is 0 Å². The number of hydrogen-bond acceptors (Lipinski definition) is 4. The van der Waals surface area contributed by atoms with Gasteiger partial charge in [-0.15, -0.1) is 0 Å². The first-order valence-electron chi connectivity index (χ1n) is 42.4. The number of hydrogen-bond donors (Lipinski definition) is 2. The second-order valence-electron chi connectivity index (χ2n) is 33.0. The molecule has 4 atom stereocenters. The molecule has 0 unspecified atom stereocenters. The summed E-state index contributed by atoms with van der Waals surface area (Å²) in [7, 11) is 0. The van der Waals surface area contributed by atoms with Crippen molar-refractivity contribution in [1.29, 1.82) is 0 Å². The Balaban J connectivity index is 0.967. The molecule has 0 spiro atoms. The lowest BCUT2D eigenvalue weighted by Crippen LogP contribution is -2.31. The van der Waals surface area contributed by atoms with Gasteiger partial charge in [-0.25, -0.2) is 0 Å². The molecular formula is C101H124N2O2. The first-order chi connectivity index (χ1) is 51.4. The molecule has 4 heteroatoms. The van der Waals surface area contributed by atoms with Crippen molar-refractivity contribution in [2.75, 3.05) is 0 Å². The third-order valence-corrected chi connectivity index (χ3v) is 26.5. The summed E-state index contributed by atoms with van der Waals surface area (Å²) in [6.07, 6.45) is 40.0. The van der Waals surface area contributed by atoms with E-state index >= 15 is 0 Å². The highest BCUT2D eigenvalue weighted by atomic mass is 16.3. The molecule has 2 aromatic heterocycles. The Hall–Kier alpha value is -7.82. The summed E-state index contributed by atoms with van der Waals surface area (Å²) in [6, 6.07) is 62.2. The second kappa shape index (κ2) is 34.0. The Labute approximate surface area is 632 Å². The average Bonchev–Trinajstić information content (AvgIpc) is 1.56. The number of phenolic OH excluding ortho intramolecular Hbond substituents is 2. The van der Waals surface area contributed by atoms with Crippen molar-refractivity contribution < 1.29 is 10.2 Å². The van der Waals surface area contributed by atoms with E-state index in [4.69, 9.17) is 9.97 Å². The van der Waals surface area contributed by atoms with Crippen LogP contribution in [0.2, 0.25) is 0 Å². The number of rotatable bonds is 38. The zero-order chi connectivity index (χ0) is 73.2. The highest BCUT2D eigenvalue weighted by Crippen LogP contribution is 2.62. The van der Waals surface area contributed by atoms with Gasteiger partial charge in [0, 0.05) is 39.4 Å². The van der Waals surface area contributed by atoms with Gasteiger partial charge in [-0.1, -0.05) is 308 Å². The van der Waals surface area contributed by atoms with Gasteiger partial charge in [0.15, 0.2) is 0 Å². The van der Waals surface area contributed by atoms with Crippen molar-refractivity contribution in [2.24, 2.45) is 23.7 Å². The van der Waals surface area contributed by atoms with Crippen LogP contribution >= 0.6 is 0 Å². The van der Waals surface area contributed by atoms with Crippen LogP contribution in [0.15, 0.2) is 170 Å². The molecule has 4 nitrogen and oxygen atoms in total. The lowest BCUT2D eigenvalue weighted by molar-refractivity contribution is 0.266. The molecule has 2 heterocycles. The van der Waals surface area contributed by atoms with E-state index in [1.165, 1.54) is 243 Å². The monoisotopic (exact) mass is 1400 g/mol. The summed E-state index contributed by atoms with van der Waals surface area (Å²) < 4.78 is 0. The largest absolute Gasteiger partial charge is 0.506 e. The molecule has 0 saturated carbocycles. The van der Waals surface area contributed by atoms with Crippen LogP contribution in [0.5, 0.6) is 11.5 Å². The fourth-order valence-electron chi connectivity index (χ4n) is 20.5. The molecular weight excluding hydrogens is 1270 g/mol. The van der Waals surface area contributed by atoms with Gasteiger partial charge in [-0.2, -0.15) is 0 Å². The van der Waals surface area contributed by atoms with Crippen LogP contribution in [-0.4, -0.2) is 20.2 Å². The third kappa shape index (κ3) is 14.8. The second-order valence-corrected chi connectivity index (χ2v) is 33.0. The molecule has 0 saturated heterocycles. The maximum absolute atomic E-state index is 11.1. The van der Waals surface area contributed by atoms with E-state index in [1.54, 1.807) is 23.5 Å². The standard InChI is InChI=1S/C101H124N2O2/c1-11-21-27-29-55-99(56-30-28-22-12-2)89-59-73(75-41-47-83-85-49-43-77(79-51-53-95(104)97-87(79)37-31-57-102-97)63-93(85)100(91(83)61-75,65-69(17-7)33-23-13-3)66-70(18-8)34-24-14-4)39-45-81(89)82-46-40-74(60-90(82)99)76-42-48-84-86-50-44-78(80-52-54-96(105)98-88(80)38-32-58-103-98)64-94(86)101(92(84)62-76,67-71(19-9)35-25-15-5)68-72(20-10)36-26-16-6/h31-32,37-54,57-64,69-72,104-105H,11-30,33-36,55-56,65-68H2,1-10H3/t69-,70-,71-,72-/m0/s1. The van der Waals surface area contributed by atoms with Gasteiger partial charge < -0.3 is 10.2 Å². The molecule has 105 heavy (non-hydrogen) atoms. The molecule has 3 aliphatic rings. The van der Waals surface area contributed by atoms with Crippen LogP contribution in [0.1, 0.15) is 295 Å². The van der Waals surface area contributed by atoms with Crippen molar-refractivity contribution in [2.45, 2.75) is 278 Å². The van der Waals surface area contributed by atoms with Gasteiger partial charge in [0.1, 0.15) is 22.5 Å². The van der Waals surface area contributed by atoms with E-state index in [0.29, 0.717) is 34.7 Å². The number of benzene rings is 8. The normalized spacial score (nSPS) is 15.3. The number of phenols is 2. The van der Waals surface area contributed by atoms with E-state index in [9.17, 15) is 10.2 Å². The topological polar surface area (TPSA) is 66.2 Å². The van der Waals surface area contributed by atoms with E-state index in [1.807, 2.05) is 24.3 Å². The van der Waals surface area contributed by atoms with Crippen LogP contribution in [0.25, 0.3) is 99.7 Å². The van der Waals surface area contributed by atoms with Crippen molar-refractivity contribution in [1.82, 2.24) is 9.97 Å². The lowest BCUT2D eigenvalue weighted by Gasteiger charge is -2.39. The number of unbranched alkanes of at least 4 members (excludes halogenated alkanes) is 10. The minimum absolute atomic E-state index is 0.136. The quantitative estimate of drug-likeness (QED) is 0.0379. The summed E-state index contributed by atoms with van der Waals surface area (Å²) in [6.45, 7) is 24.1. The minimum Gasteiger partial charge on any atom is -0.506 e. The molecule has 0 fully saturated rings. The summed E-state index contributed by atoms with van der Waals surface area (Å²) in [5.74, 6) is 2.84. The van der Waals surface area contributed by atoms with Crippen LogP contribution in [-0.2, 0) is 16.2 Å². The number of fused-ring (bicyclic) bond motifs is 11. The minimum atomic E-state index is -0.181. The Kier molecular flexibility index (Phi) is 24.4. The fraction of sp³-hybridized carbons (Fsp3) is 0.465. The molecule has 13 rings (SSSR count). The summed E-state index contributed by atoms with van der Waals surface area (Å²) >= 11 is 0. The smallest absolute Gasteiger partial charge is 0.141 e. The zero-order valence-corrected chi connectivity index (χ0v) is 66.0. The van der Waals surface area contributed by atoms with Crippen LogP contribution in [0, 0.1) is 23.7 Å². The van der Waals surface area contributed by atoms with E-state index < -0.39 is 0 Å². The van der Waals surface area contributed by atoms with Crippen molar-refractivity contribution in [3.05, 3.63) is 203 Å². The lowest BCUT2D eigenvalue weighted by atomic mass is 9.64. The first kappa shape index (κ1) is 75.4. The van der Waals surface area contributed by atoms with E-state index in [0.717, 1.165) is 60.4 Å². The average molecular weight is 1400 g/mol. The van der Waals surface area contributed by atoms with E-state index in [2.05, 4.69) is 203 Å². The predicted octanol–water partition coefficient (Wildman–Crippen LogP) is 30.0. The van der Waals surface area contributed by atoms with Gasteiger partial charge in [0.2, 0.25) is 0 Å².